The van der Waals surface area contributed by atoms with Crippen LogP contribution in [0.25, 0.3) is 0 Å². The smallest absolute Gasteiger partial charge is 0.175 e. The van der Waals surface area contributed by atoms with Gasteiger partial charge in [-0.15, -0.1) is 12.4 Å². The Hall–Kier alpha value is -1.27. The van der Waals surface area contributed by atoms with Crippen molar-refractivity contribution in [2.24, 2.45) is 0 Å². The van der Waals surface area contributed by atoms with Crippen molar-refractivity contribution < 1.29 is 14.2 Å². The zero-order chi connectivity index (χ0) is 18.6. The lowest BCUT2D eigenvalue weighted by molar-refractivity contribution is 0.144. The van der Waals surface area contributed by atoms with Crippen LogP contribution in [0.2, 0.25) is 0 Å². The molecule has 0 spiro atoms. The molecule has 0 fully saturated rings. The highest BCUT2D eigenvalue weighted by atomic mass is 79.9. The maximum atomic E-state index is 6.02. The van der Waals surface area contributed by atoms with E-state index in [2.05, 4.69) is 39.4 Å². The van der Waals surface area contributed by atoms with Crippen molar-refractivity contribution in [2.75, 3.05) is 26.4 Å². The maximum Gasteiger partial charge on any atom is 0.175 e. The minimum atomic E-state index is 0. The van der Waals surface area contributed by atoms with Crippen molar-refractivity contribution in [3.8, 4) is 11.5 Å². The van der Waals surface area contributed by atoms with Crippen LogP contribution in [0.5, 0.6) is 11.5 Å². The lowest BCUT2D eigenvalue weighted by Gasteiger charge is -2.16. The predicted octanol–water partition coefficient (Wildman–Crippen LogP) is 5.36. The molecular formula is C21H29BrClNO3. The SMILES string of the molecule is CCOCCCNCc1cc(Br)c(OCc2ccccc2)c(OCC)c1.Cl. The summed E-state index contributed by atoms with van der Waals surface area (Å²) in [6.45, 7) is 8.37. The van der Waals surface area contributed by atoms with Gasteiger partial charge in [-0.25, -0.2) is 0 Å². The van der Waals surface area contributed by atoms with Gasteiger partial charge < -0.3 is 19.5 Å². The van der Waals surface area contributed by atoms with E-state index in [1.807, 2.05) is 38.1 Å². The molecule has 0 bridgehead atoms. The van der Waals surface area contributed by atoms with Crippen LogP contribution < -0.4 is 14.8 Å². The summed E-state index contributed by atoms with van der Waals surface area (Å²) in [5.41, 5.74) is 2.28. The molecule has 0 aliphatic heterocycles. The fourth-order valence-electron chi connectivity index (χ4n) is 2.53. The first-order valence-electron chi connectivity index (χ1n) is 9.15. The van der Waals surface area contributed by atoms with Crippen molar-refractivity contribution in [2.45, 2.75) is 33.4 Å². The Morgan fingerprint density at radius 2 is 1.74 bits per heavy atom. The van der Waals surface area contributed by atoms with E-state index in [9.17, 15) is 0 Å². The molecule has 27 heavy (non-hydrogen) atoms. The van der Waals surface area contributed by atoms with E-state index in [0.29, 0.717) is 13.2 Å². The van der Waals surface area contributed by atoms with Gasteiger partial charge >= 0.3 is 0 Å². The number of hydrogen-bond donors (Lipinski definition) is 1. The van der Waals surface area contributed by atoms with Gasteiger partial charge in [0.25, 0.3) is 0 Å². The van der Waals surface area contributed by atoms with E-state index in [1.54, 1.807) is 0 Å². The quantitative estimate of drug-likeness (QED) is 0.434. The number of halogens is 2. The summed E-state index contributed by atoms with van der Waals surface area (Å²) in [5, 5.41) is 3.44. The third-order valence-corrected chi connectivity index (χ3v) is 4.36. The van der Waals surface area contributed by atoms with Crippen LogP contribution in [0.15, 0.2) is 46.9 Å². The molecule has 0 aromatic heterocycles. The van der Waals surface area contributed by atoms with Gasteiger partial charge in [0.2, 0.25) is 0 Å². The summed E-state index contributed by atoms with van der Waals surface area (Å²) < 4.78 is 18.1. The standard InChI is InChI=1S/C21H28BrNO3.ClH/c1-3-24-12-8-11-23-15-18-13-19(22)21(20(14-18)25-4-2)26-16-17-9-6-5-7-10-17;/h5-7,9-10,13-14,23H,3-4,8,11-12,15-16H2,1-2H3;1H. The van der Waals surface area contributed by atoms with Crippen molar-refractivity contribution in [3.05, 3.63) is 58.1 Å². The zero-order valence-electron chi connectivity index (χ0n) is 16.0. The molecule has 2 aromatic carbocycles. The van der Waals surface area contributed by atoms with E-state index in [4.69, 9.17) is 14.2 Å². The van der Waals surface area contributed by atoms with Gasteiger partial charge in [0.1, 0.15) is 6.61 Å². The second-order valence-corrected chi connectivity index (χ2v) is 6.69. The molecule has 0 saturated carbocycles. The Labute approximate surface area is 177 Å². The molecule has 0 amide bonds. The Morgan fingerprint density at radius 1 is 0.963 bits per heavy atom. The summed E-state index contributed by atoms with van der Waals surface area (Å²) >= 11 is 3.63. The molecule has 150 valence electrons. The topological polar surface area (TPSA) is 39.7 Å². The molecule has 0 radical (unpaired) electrons. The summed E-state index contributed by atoms with van der Waals surface area (Å²) in [6, 6.07) is 14.3. The molecule has 0 aliphatic rings. The van der Waals surface area contributed by atoms with Gasteiger partial charge in [0, 0.05) is 19.8 Å². The normalized spacial score (nSPS) is 10.3. The van der Waals surface area contributed by atoms with Crippen molar-refractivity contribution in [1.29, 1.82) is 0 Å². The van der Waals surface area contributed by atoms with E-state index >= 15 is 0 Å². The average Bonchev–Trinajstić information content (AvgIpc) is 2.65. The fourth-order valence-corrected chi connectivity index (χ4v) is 3.14. The highest BCUT2D eigenvalue weighted by Gasteiger charge is 2.12. The highest BCUT2D eigenvalue weighted by molar-refractivity contribution is 9.10. The van der Waals surface area contributed by atoms with Crippen LogP contribution in [0.3, 0.4) is 0 Å². The van der Waals surface area contributed by atoms with E-state index in [1.165, 1.54) is 0 Å². The van der Waals surface area contributed by atoms with Gasteiger partial charge in [-0.2, -0.15) is 0 Å². The predicted molar refractivity (Wildman–Crippen MR) is 116 cm³/mol. The maximum absolute atomic E-state index is 6.02. The molecule has 4 nitrogen and oxygen atoms in total. The molecule has 0 saturated heterocycles. The molecular weight excluding hydrogens is 430 g/mol. The number of hydrogen-bond acceptors (Lipinski definition) is 4. The minimum absolute atomic E-state index is 0. The molecule has 0 atom stereocenters. The Bertz CT molecular complexity index is 655. The van der Waals surface area contributed by atoms with Crippen LogP contribution in [0.4, 0.5) is 0 Å². The number of benzene rings is 2. The lowest BCUT2D eigenvalue weighted by atomic mass is 10.2. The summed E-state index contributed by atoms with van der Waals surface area (Å²) in [6.07, 6.45) is 1.01. The van der Waals surface area contributed by atoms with Gasteiger partial charge in [-0.1, -0.05) is 30.3 Å². The number of nitrogens with one attached hydrogen (secondary N) is 1. The van der Waals surface area contributed by atoms with E-state index in [0.717, 1.165) is 59.8 Å². The third-order valence-electron chi connectivity index (χ3n) is 3.77. The van der Waals surface area contributed by atoms with E-state index in [-0.39, 0.29) is 12.4 Å². The third kappa shape index (κ3) is 8.52. The zero-order valence-corrected chi connectivity index (χ0v) is 18.4. The largest absolute Gasteiger partial charge is 0.490 e. The van der Waals surface area contributed by atoms with Crippen molar-refractivity contribution in [3.63, 3.8) is 0 Å². The number of ether oxygens (including phenoxy) is 3. The van der Waals surface area contributed by atoms with Gasteiger partial charge in [0.05, 0.1) is 11.1 Å². The molecule has 0 aliphatic carbocycles. The second-order valence-electron chi connectivity index (χ2n) is 5.84. The molecule has 2 rings (SSSR count). The highest BCUT2D eigenvalue weighted by Crippen LogP contribution is 2.37. The van der Waals surface area contributed by atoms with Crippen LogP contribution in [0.1, 0.15) is 31.4 Å². The first kappa shape index (κ1) is 23.8. The van der Waals surface area contributed by atoms with Crippen LogP contribution in [-0.2, 0) is 17.9 Å². The number of rotatable bonds is 12. The van der Waals surface area contributed by atoms with Crippen molar-refractivity contribution >= 4 is 28.3 Å². The summed E-state index contributed by atoms with van der Waals surface area (Å²) in [4.78, 5) is 0. The fraction of sp³-hybridized carbons (Fsp3) is 0.429. The van der Waals surface area contributed by atoms with Gasteiger partial charge in [0.15, 0.2) is 11.5 Å². The summed E-state index contributed by atoms with van der Waals surface area (Å²) in [5.74, 6) is 1.51. The van der Waals surface area contributed by atoms with Gasteiger partial charge in [-0.05, 0) is 66.0 Å². The Morgan fingerprint density at radius 3 is 2.44 bits per heavy atom. The van der Waals surface area contributed by atoms with Crippen LogP contribution >= 0.6 is 28.3 Å². The van der Waals surface area contributed by atoms with Crippen LogP contribution in [-0.4, -0.2) is 26.4 Å². The minimum Gasteiger partial charge on any atom is -0.490 e. The first-order chi connectivity index (χ1) is 12.7. The second kappa shape index (κ2) is 13.8. The van der Waals surface area contributed by atoms with Crippen LogP contribution in [0, 0.1) is 0 Å². The molecule has 0 unspecified atom stereocenters. The van der Waals surface area contributed by atoms with Crippen molar-refractivity contribution in [1.82, 2.24) is 5.32 Å². The lowest BCUT2D eigenvalue weighted by Crippen LogP contribution is -2.16. The average molecular weight is 459 g/mol. The molecule has 0 heterocycles. The monoisotopic (exact) mass is 457 g/mol. The molecule has 1 N–H and O–H groups in total. The first-order valence-corrected chi connectivity index (χ1v) is 9.94. The summed E-state index contributed by atoms with van der Waals surface area (Å²) in [7, 11) is 0. The molecule has 6 heteroatoms. The Kier molecular flexibility index (Phi) is 12.2. The van der Waals surface area contributed by atoms with Gasteiger partial charge in [-0.3, -0.25) is 0 Å². The molecule has 2 aromatic rings. The van der Waals surface area contributed by atoms with E-state index < -0.39 is 0 Å². The Balaban J connectivity index is 0.00000364.